The van der Waals surface area contributed by atoms with Gasteiger partial charge in [-0.05, 0) is 30.3 Å². The molecule has 0 aliphatic carbocycles. The number of methoxy groups -OCH3 is 2. The summed E-state index contributed by atoms with van der Waals surface area (Å²) in [6, 6.07) is 8.42. The van der Waals surface area contributed by atoms with Crippen molar-refractivity contribution in [3.05, 3.63) is 65.6 Å². The number of hydrogen-bond donors (Lipinski definition) is 1. The van der Waals surface area contributed by atoms with Gasteiger partial charge in [0, 0.05) is 24.0 Å². The molecular weight excluding hydrogens is 368 g/mol. The zero-order chi connectivity index (χ0) is 19.8. The number of nitrogens with one attached hydrogen (secondary N) is 1. The average Bonchev–Trinajstić information content (AvgIpc) is 3.12. The van der Waals surface area contributed by atoms with Crippen LogP contribution in [-0.4, -0.2) is 29.7 Å². The molecule has 0 saturated heterocycles. The summed E-state index contributed by atoms with van der Waals surface area (Å²) >= 11 is 0. The number of hydrogen-bond acceptors (Lipinski definition) is 4. The number of carbonyl (C=O) groups excluding carboxylic acids is 1. The normalized spacial score (nSPS) is 15.7. The summed E-state index contributed by atoms with van der Waals surface area (Å²) in [5, 5.41) is 2.78. The van der Waals surface area contributed by atoms with Crippen molar-refractivity contribution in [2.24, 2.45) is 0 Å². The van der Waals surface area contributed by atoms with Crippen molar-refractivity contribution in [2.75, 3.05) is 19.5 Å². The molecule has 144 valence electrons. The Morgan fingerprint density at radius 1 is 1.14 bits per heavy atom. The van der Waals surface area contributed by atoms with Gasteiger partial charge in [-0.15, -0.1) is 0 Å². The largest absolute Gasteiger partial charge is 0.497 e. The second-order valence-electron chi connectivity index (χ2n) is 6.36. The minimum absolute atomic E-state index is 0.0237. The van der Waals surface area contributed by atoms with Gasteiger partial charge in [0.05, 0.1) is 25.6 Å². The first-order valence-electron chi connectivity index (χ1n) is 8.56. The molecule has 0 saturated carbocycles. The molecule has 0 unspecified atom stereocenters. The van der Waals surface area contributed by atoms with E-state index in [1.165, 1.54) is 13.4 Å². The Labute approximate surface area is 159 Å². The summed E-state index contributed by atoms with van der Waals surface area (Å²) in [5.41, 5.74) is 1.18. The van der Waals surface area contributed by atoms with Gasteiger partial charge in [-0.2, -0.15) is 0 Å². The van der Waals surface area contributed by atoms with Gasteiger partial charge in [0.15, 0.2) is 0 Å². The van der Waals surface area contributed by atoms with Gasteiger partial charge in [-0.1, -0.05) is 0 Å². The fraction of sp³-hybridized carbons (Fsp3) is 0.200. The van der Waals surface area contributed by atoms with Gasteiger partial charge in [-0.25, -0.2) is 13.8 Å². The van der Waals surface area contributed by atoms with Crippen molar-refractivity contribution >= 4 is 11.7 Å². The van der Waals surface area contributed by atoms with Gasteiger partial charge in [0.1, 0.15) is 35.3 Å². The van der Waals surface area contributed by atoms with Crippen molar-refractivity contribution < 1.29 is 23.0 Å². The fourth-order valence-corrected chi connectivity index (χ4v) is 3.41. The Morgan fingerprint density at radius 2 is 1.96 bits per heavy atom. The topological polar surface area (TPSA) is 65.4 Å². The highest BCUT2D eigenvalue weighted by Gasteiger charge is 2.33. The lowest BCUT2D eigenvalue weighted by Gasteiger charge is -2.24. The van der Waals surface area contributed by atoms with E-state index in [1.807, 2.05) is 0 Å². The number of rotatable bonds is 4. The molecule has 0 radical (unpaired) electrons. The summed E-state index contributed by atoms with van der Waals surface area (Å²) < 4.78 is 40.3. The van der Waals surface area contributed by atoms with Crippen molar-refractivity contribution in [1.82, 2.24) is 9.55 Å². The van der Waals surface area contributed by atoms with Crippen LogP contribution in [0.5, 0.6) is 11.5 Å². The molecule has 3 aromatic rings. The molecular formula is C20H17F2N3O3. The zero-order valence-electron chi connectivity index (χ0n) is 15.2. The third kappa shape index (κ3) is 2.96. The molecule has 6 nitrogen and oxygen atoms in total. The molecule has 8 heteroatoms. The summed E-state index contributed by atoms with van der Waals surface area (Å²) in [6.07, 6.45) is 1.49. The number of anilines is 1. The van der Waals surface area contributed by atoms with Crippen LogP contribution in [0.4, 0.5) is 14.6 Å². The highest BCUT2D eigenvalue weighted by atomic mass is 19.1. The van der Waals surface area contributed by atoms with Crippen LogP contribution < -0.4 is 14.8 Å². The lowest BCUT2D eigenvalue weighted by Crippen LogP contribution is -2.25. The number of aromatic nitrogens is 2. The van der Waals surface area contributed by atoms with Crippen molar-refractivity contribution in [1.29, 1.82) is 0 Å². The van der Waals surface area contributed by atoms with Gasteiger partial charge < -0.3 is 14.8 Å². The van der Waals surface area contributed by atoms with E-state index in [0.717, 1.165) is 18.2 Å². The summed E-state index contributed by atoms with van der Waals surface area (Å²) in [7, 11) is 3.07. The predicted octanol–water partition coefficient (Wildman–Crippen LogP) is 3.64. The van der Waals surface area contributed by atoms with Crippen LogP contribution in [0.1, 0.15) is 23.6 Å². The average molecular weight is 385 g/mol. The van der Waals surface area contributed by atoms with Crippen LogP contribution in [0.15, 0.2) is 42.7 Å². The molecule has 0 bridgehead atoms. The van der Waals surface area contributed by atoms with E-state index in [4.69, 9.17) is 9.47 Å². The molecule has 1 amide bonds. The molecule has 0 spiro atoms. The lowest BCUT2D eigenvalue weighted by molar-refractivity contribution is -0.116. The van der Waals surface area contributed by atoms with E-state index in [0.29, 0.717) is 28.7 Å². The SMILES string of the molecule is COc1ccc(-n2cnc3c2NC(=O)C[C@@H]3c2cc(F)ccc2F)c(OC)c1. The summed E-state index contributed by atoms with van der Waals surface area (Å²) in [6.45, 7) is 0. The first-order valence-corrected chi connectivity index (χ1v) is 8.56. The highest BCUT2D eigenvalue weighted by molar-refractivity contribution is 5.94. The number of nitrogens with zero attached hydrogens (tertiary/aromatic N) is 2. The van der Waals surface area contributed by atoms with Crippen LogP contribution >= 0.6 is 0 Å². The third-order valence-electron chi connectivity index (χ3n) is 4.75. The van der Waals surface area contributed by atoms with E-state index in [9.17, 15) is 13.6 Å². The van der Waals surface area contributed by atoms with Crippen LogP contribution in [-0.2, 0) is 4.79 Å². The highest BCUT2D eigenvalue weighted by Crippen LogP contribution is 2.40. The molecule has 0 fully saturated rings. The summed E-state index contributed by atoms with van der Waals surface area (Å²) in [5.74, 6) is -0.635. The number of ether oxygens (including phenoxy) is 2. The molecule has 1 aliphatic heterocycles. The van der Waals surface area contributed by atoms with Crippen LogP contribution in [0.3, 0.4) is 0 Å². The molecule has 1 atom stereocenters. The van der Waals surface area contributed by atoms with Crippen molar-refractivity contribution in [3.63, 3.8) is 0 Å². The quantitative estimate of drug-likeness (QED) is 0.745. The van der Waals surface area contributed by atoms with E-state index >= 15 is 0 Å². The van der Waals surface area contributed by atoms with Crippen LogP contribution in [0.2, 0.25) is 0 Å². The summed E-state index contributed by atoms with van der Waals surface area (Å²) in [4.78, 5) is 16.7. The zero-order valence-corrected chi connectivity index (χ0v) is 15.2. The van der Waals surface area contributed by atoms with Crippen LogP contribution in [0, 0.1) is 11.6 Å². The van der Waals surface area contributed by atoms with E-state index < -0.39 is 17.6 Å². The van der Waals surface area contributed by atoms with E-state index in [-0.39, 0.29) is 17.9 Å². The van der Waals surface area contributed by atoms with Gasteiger partial charge >= 0.3 is 0 Å². The minimum atomic E-state index is -0.690. The Kier molecular flexibility index (Phi) is 4.46. The first kappa shape index (κ1) is 18.0. The number of amides is 1. The minimum Gasteiger partial charge on any atom is -0.497 e. The maximum atomic E-state index is 14.3. The Morgan fingerprint density at radius 3 is 2.71 bits per heavy atom. The molecule has 1 aromatic heterocycles. The number of benzene rings is 2. The first-order chi connectivity index (χ1) is 13.5. The van der Waals surface area contributed by atoms with Gasteiger partial charge in [-0.3, -0.25) is 9.36 Å². The number of carbonyl (C=O) groups is 1. The monoisotopic (exact) mass is 385 g/mol. The van der Waals surface area contributed by atoms with E-state index in [2.05, 4.69) is 10.3 Å². The molecule has 4 rings (SSSR count). The molecule has 2 heterocycles. The molecule has 28 heavy (non-hydrogen) atoms. The van der Waals surface area contributed by atoms with Crippen molar-refractivity contribution in [2.45, 2.75) is 12.3 Å². The standard InChI is InChI=1S/C20H17F2N3O3/c1-27-12-4-6-16(17(8-12)28-2)25-10-23-19-14(9-18(26)24-20(19)25)13-7-11(21)3-5-15(13)22/h3-8,10,14H,9H2,1-2H3,(H,24,26)/t14-/m1/s1. The Balaban J connectivity index is 1.85. The molecule has 1 aliphatic rings. The van der Waals surface area contributed by atoms with E-state index in [1.54, 1.807) is 29.9 Å². The predicted molar refractivity (Wildman–Crippen MR) is 98.1 cm³/mol. The molecule has 2 aromatic carbocycles. The smallest absolute Gasteiger partial charge is 0.226 e. The van der Waals surface area contributed by atoms with Gasteiger partial charge in [0.2, 0.25) is 5.91 Å². The van der Waals surface area contributed by atoms with Crippen LogP contribution in [0.25, 0.3) is 5.69 Å². The number of fused-ring (bicyclic) bond motifs is 1. The Hall–Kier alpha value is -3.42. The third-order valence-corrected chi connectivity index (χ3v) is 4.75. The number of halogens is 2. The second-order valence-corrected chi connectivity index (χ2v) is 6.36. The number of imidazole rings is 1. The fourth-order valence-electron chi connectivity index (χ4n) is 3.41. The second kappa shape index (κ2) is 6.95. The van der Waals surface area contributed by atoms with Gasteiger partial charge in [0.25, 0.3) is 0 Å². The Bertz CT molecular complexity index is 1060. The maximum Gasteiger partial charge on any atom is 0.226 e. The molecule has 1 N–H and O–H groups in total. The maximum absolute atomic E-state index is 14.3. The van der Waals surface area contributed by atoms with Crippen molar-refractivity contribution in [3.8, 4) is 17.2 Å². The lowest BCUT2D eigenvalue weighted by atomic mass is 9.89.